The number of carbonyl (C=O) groups is 1. The molecule has 1 saturated heterocycles. The summed E-state index contributed by atoms with van der Waals surface area (Å²) in [5.41, 5.74) is 1.83. The van der Waals surface area contributed by atoms with Gasteiger partial charge >= 0.3 is 0 Å². The average molecular weight is 426 g/mol. The lowest BCUT2D eigenvalue weighted by atomic mass is 10.1. The van der Waals surface area contributed by atoms with Crippen molar-refractivity contribution in [1.82, 2.24) is 9.88 Å². The van der Waals surface area contributed by atoms with Gasteiger partial charge in [-0.2, -0.15) is 0 Å². The van der Waals surface area contributed by atoms with Gasteiger partial charge in [0.25, 0.3) is 5.91 Å². The van der Waals surface area contributed by atoms with E-state index in [0.29, 0.717) is 45.3 Å². The number of morpholine rings is 1. The van der Waals surface area contributed by atoms with Crippen LogP contribution in [0.5, 0.6) is 5.75 Å². The van der Waals surface area contributed by atoms with Gasteiger partial charge in [-0.05, 0) is 30.5 Å². The summed E-state index contributed by atoms with van der Waals surface area (Å²) >= 11 is 1.60. The fourth-order valence-corrected chi connectivity index (χ4v) is 4.48. The van der Waals surface area contributed by atoms with Crippen LogP contribution in [0.4, 0.5) is 5.69 Å². The SMILES string of the molecule is Cc1oc(-c2cccs2)nc1CN1CC(C(=O)N2CCOCC2)Oc2ccccc21. The number of para-hydroxylation sites is 2. The summed E-state index contributed by atoms with van der Waals surface area (Å²) in [6.45, 7) is 5.30. The molecule has 1 amide bonds. The molecule has 2 aromatic heterocycles. The zero-order valence-electron chi connectivity index (χ0n) is 16.7. The lowest BCUT2D eigenvalue weighted by Crippen LogP contribution is -2.52. The summed E-state index contributed by atoms with van der Waals surface area (Å²) in [4.78, 5) is 22.8. The largest absolute Gasteiger partial charge is 0.477 e. The Kier molecular flexibility index (Phi) is 5.18. The second kappa shape index (κ2) is 8.12. The molecule has 156 valence electrons. The fourth-order valence-electron chi connectivity index (χ4n) is 3.83. The molecule has 1 atom stereocenters. The molecule has 3 aromatic rings. The molecule has 30 heavy (non-hydrogen) atoms. The lowest BCUT2D eigenvalue weighted by Gasteiger charge is -2.38. The Morgan fingerprint density at radius 3 is 2.83 bits per heavy atom. The molecule has 2 aliphatic rings. The Hall–Kier alpha value is -2.84. The Morgan fingerprint density at radius 1 is 1.20 bits per heavy atom. The molecular formula is C22H23N3O4S. The van der Waals surface area contributed by atoms with Crippen molar-refractivity contribution in [3.8, 4) is 16.5 Å². The number of carbonyl (C=O) groups excluding carboxylic acids is 1. The van der Waals surface area contributed by atoms with E-state index in [1.807, 2.05) is 53.6 Å². The molecule has 0 N–H and O–H groups in total. The van der Waals surface area contributed by atoms with E-state index in [1.165, 1.54) is 0 Å². The van der Waals surface area contributed by atoms with Crippen molar-refractivity contribution in [2.75, 3.05) is 37.7 Å². The minimum absolute atomic E-state index is 0.00829. The second-order valence-electron chi connectivity index (χ2n) is 7.39. The van der Waals surface area contributed by atoms with Crippen LogP contribution in [0.25, 0.3) is 10.8 Å². The molecule has 0 bridgehead atoms. The normalized spacial score (nSPS) is 18.8. The highest BCUT2D eigenvalue weighted by Gasteiger charge is 2.34. The van der Waals surface area contributed by atoms with Gasteiger partial charge in [0.15, 0.2) is 6.10 Å². The first kappa shape index (κ1) is 19.1. The quantitative estimate of drug-likeness (QED) is 0.639. The van der Waals surface area contributed by atoms with Crippen LogP contribution in [0.2, 0.25) is 0 Å². The van der Waals surface area contributed by atoms with Crippen molar-refractivity contribution in [2.45, 2.75) is 19.6 Å². The number of amides is 1. The molecule has 0 radical (unpaired) electrons. The number of fused-ring (bicyclic) bond motifs is 1. The third kappa shape index (κ3) is 3.68. The molecule has 7 nitrogen and oxygen atoms in total. The predicted molar refractivity (Wildman–Crippen MR) is 114 cm³/mol. The van der Waals surface area contributed by atoms with Gasteiger partial charge in [-0.1, -0.05) is 18.2 Å². The fraction of sp³-hybridized carbons (Fsp3) is 0.364. The van der Waals surface area contributed by atoms with Crippen LogP contribution in [-0.2, 0) is 16.1 Å². The lowest BCUT2D eigenvalue weighted by molar-refractivity contribution is -0.142. The molecule has 8 heteroatoms. The van der Waals surface area contributed by atoms with Crippen LogP contribution >= 0.6 is 11.3 Å². The van der Waals surface area contributed by atoms with Crippen LogP contribution in [-0.4, -0.2) is 54.7 Å². The maximum absolute atomic E-state index is 13.1. The van der Waals surface area contributed by atoms with Crippen LogP contribution in [0, 0.1) is 6.92 Å². The number of nitrogens with zero attached hydrogens (tertiary/aromatic N) is 3. The molecule has 1 aromatic carbocycles. The average Bonchev–Trinajstić information content (AvgIpc) is 3.44. The van der Waals surface area contributed by atoms with Gasteiger partial charge < -0.3 is 23.7 Å². The molecule has 0 aliphatic carbocycles. The number of anilines is 1. The van der Waals surface area contributed by atoms with Gasteiger partial charge in [-0.3, -0.25) is 4.79 Å². The van der Waals surface area contributed by atoms with E-state index in [2.05, 4.69) is 4.90 Å². The van der Waals surface area contributed by atoms with E-state index in [-0.39, 0.29) is 5.91 Å². The maximum atomic E-state index is 13.1. The minimum atomic E-state index is -0.554. The van der Waals surface area contributed by atoms with Crippen molar-refractivity contribution in [2.24, 2.45) is 0 Å². The van der Waals surface area contributed by atoms with Gasteiger partial charge in [-0.15, -0.1) is 11.3 Å². The van der Waals surface area contributed by atoms with Gasteiger partial charge in [0.05, 0.1) is 36.9 Å². The van der Waals surface area contributed by atoms with E-state index in [1.54, 1.807) is 11.3 Å². The highest BCUT2D eigenvalue weighted by Crippen LogP contribution is 2.35. The molecule has 0 spiro atoms. The Bertz CT molecular complexity index is 1030. The van der Waals surface area contributed by atoms with Gasteiger partial charge in [0, 0.05) is 13.1 Å². The third-order valence-electron chi connectivity index (χ3n) is 5.42. The van der Waals surface area contributed by atoms with E-state index in [0.717, 1.165) is 27.8 Å². The zero-order chi connectivity index (χ0) is 20.5. The first-order chi connectivity index (χ1) is 14.7. The molecule has 4 heterocycles. The first-order valence-corrected chi connectivity index (χ1v) is 10.9. The molecular weight excluding hydrogens is 402 g/mol. The Balaban J connectivity index is 1.40. The smallest absolute Gasteiger partial charge is 0.265 e. The maximum Gasteiger partial charge on any atom is 0.265 e. The Morgan fingerprint density at radius 2 is 2.03 bits per heavy atom. The summed E-state index contributed by atoms with van der Waals surface area (Å²) in [6, 6.07) is 11.8. The topological polar surface area (TPSA) is 68.0 Å². The highest BCUT2D eigenvalue weighted by molar-refractivity contribution is 7.13. The molecule has 1 unspecified atom stereocenters. The summed E-state index contributed by atoms with van der Waals surface area (Å²) in [6.07, 6.45) is -0.554. The summed E-state index contributed by atoms with van der Waals surface area (Å²) in [7, 11) is 0. The number of aromatic nitrogens is 1. The molecule has 1 fully saturated rings. The van der Waals surface area contributed by atoms with Crippen LogP contribution in [0.3, 0.4) is 0 Å². The van der Waals surface area contributed by atoms with Gasteiger partial charge in [0.2, 0.25) is 5.89 Å². The van der Waals surface area contributed by atoms with Gasteiger partial charge in [0.1, 0.15) is 17.2 Å². The van der Waals surface area contributed by atoms with Crippen LogP contribution in [0.1, 0.15) is 11.5 Å². The van der Waals surface area contributed by atoms with Crippen molar-refractivity contribution in [3.05, 3.63) is 53.2 Å². The number of benzene rings is 1. The van der Waals surface area contributed by atoms with E-state index >= 15 is 0 Å². The van der Waals surface area contributed by atoms with E-state index in [4.69, 9.17) is 18.9 Å². The molecule has 5 rings (SSSR count). The number of aryl methyl sites for hydroxylation is 1. The van der Waals surface area contributed by atoms with Crippen molar-refractivity contribution in [3.63, 3.8) is 0 Å². The number of rotatable bonds is 4. The standard InChI is InChI=1S/C22H23N3O4S/c1-15-16(23-21(28-15)20-7-4-12-30-20)13-25-14-19(22(26)24-8-10-27-11-9-24)29-18-6-3-2-5-17(18)25/h2-7,12,19H,8-11,13-14H2,1H3. The number of hydrogen-bond donors (Lipinski definition) is 0. The Labute approximate surface area is 178 Å². The summed E-state index contributed by atoms with van der Waals surface area (Å²) < 4.78 is 17.4. The molecule has 0 saturated carbocycles. The highest BCUT2D eigenvalue weighted by atomic mass is 32.1. The first-order valence-electron chi connectivity index (χ1n) is 10.1. The number of hydrogen-bond acceptors (Lipinski definition) is 7. The monoisotopic (exact) mass is 425 g/mol. The number of oxazole rings is 1. The minimum Gasteiger partial charge on any atom is -0.477 e. The summed E-state index contributed by atoms with van der Waals surface area (Å²) in [5.74, 6) is 2.15. The number of thiophene rings is 1. The van der Waals surface area contributed by atoms with Crippen molar-refractivity contribution < 1.29 is 18.7 Å². The predicted octanol–water partition coefficient (Wildman–Crippen LogP) is 3.34. The molecule has 2 aliphatic heterocycles. The number of ether oxygens (including phenoxy) is 2. The third-order valence-corrected chi connectivity index (χ3v) is 6.28. The van der Waals surface area contributed by atoms with Crippen LogP contribution in [0.15, 0.2) is 46.2 Å². The van der Waals surface area contributed by atoms with E-state index < -0.39 is 6.10 Å². The van der Waals surface area contributed by atoms with Crippen molar-refractivity contribution in [1.29, 1.82) is 0 Å². The zero-order valence-corrected chi connectivity index (χ0v) is 17.6. The second-order valence-corrected chi connectivity index (χ2v) is 8.34. The van der Waals surface area contributed by atoms with E-state index in [9.17, 15) is 4.79 Å². The van der Waals surface area contributed by atoms with Gasteiger partial charge in [-0.25, -0.2) is 4.98 Å². The van der Waals surface area contributed by atoms with Crippen LogP contribution < -0.4 is 9.64 Å². The summed E-state index contributed by atoms with van der Waals surface area (Å²) in [5, 5.41) is 2.01. The van der Waals surface area contributed by atoms with Crippen molar-refractivity contribution >= 4 is 22.9 Å².